The zero-order chi connectivity index (χ0) is 21.2. The minimum Gasteiger partial charge on any atom is -0.489 e. The normalized spacial score (nSPS) is 19.4. The van der Waals surface area contributed by atoms with Gasteiger partial charge in [0.05, 0.1) is 0 Å². The van der Waals surface area contributed by atoms with Gasteiger partial charge in [-0.1, -0.05) is 62.7 Å². The highest BCUT2D eigenvalue weighted by molar-refractivity contribution is 6.31. The molecular formula is C23H23ClO5. The summed E-state index contributed by atoms with van der Waals surface area (Å²) >= 11 is 6.15. The lowest BCUT2D eigenvalue weighted by Crippen LogP contribution is -2.52. The fourth-order valence-corrected chi connectivity index (χ4v) is 2.82. The molecule has 1 fully saturated rings. The maximum absolute atomic E-state index is 12.5. The quantitative estimate of drug-likeness (QED) is 0.392. The largest absolute Gasteiger partial charge is 0.489 e. The van der Waals surface area contributed by atoms with Crippen LogP contribution in [0.2, 0.25) is 5.02 Å². The van der Waals surface area contributed by atoms with Gasteiger partial charge in [0.25, 0.3) is 5.79 Å². The van der Waals surface area contributed by atoms with Crippen LogP contribution < -0.4 is 4.74 Å². The summed E-state index contributed by atoms with van der Waals surface area (Å²) < 4.78 is 16.7. The van der Waals surface area contributed by atoms with Crippen LogP contribution in [0, 0.1) is 5.41 Å². The van der Waals surface area contributed by atoms with Crippen LogP contribution in [0.4, 0.5) is 0 Å². The average Bonchev–Trinajstić information content (AvgIpc) is 2.63. The summed E-state index contributed by atoms with van der Waals surface area (Å²) in [6, 6.07) is 14.5. The van der Waals surface area contributed by atoms with E-state index in [0.29, 0.717) is 22.9 Å². The lowest BCUT2D eigenvalue weighted by atomic mass is 9.85. The molecule has 0 atom stereocenters. The molecule has 2 aromatic rings. The van der Waals surface area contributed by atoms with E-state index in [9.17, 15) is 9.59 Å². The topological polar surface area (TPSA) is 61.8 Å². The molecule has 0 bridgehead atoms. The summed E-state index contributed by atoms with van der Waals surface area (Å²) in [6.07, 6.45) is 1.44. The molecule has 0 saturated carbocycles. The van der Waals surface area contributed by atoms with Crippen LogP contribution in [0.5, 0.6) is 5.75 Å². The van der Waals surface area contributed by atoms with E-state index >= 15 is 0 Å². The highest BCUT2D eigenvalue weighted by atomic mass is 35.5. The minimum atomic E-state index is -1.32. The number of hydrogen-bond acceptors (Lipinski definition) is 5. The standard InChI is InChI=1S/C23H23ClO5/c1-22(2,3)23(4)28-20(25)18(21(26)29-23)13-15-8-7-10-17(12-15)27-14-16-9-5-6-11-19(16)24/h5-13H,14H2,1-4H3. The predicted molar refractivity (Wildman–Crippen MR) is 110 cm³/mol. The van der Waals surface area contributed by atoms with Gasteiger partial charge in [0.1, 0.15) is 17.9 Å². The number of carbonyl (C=O) groups is 2. The molecule has 152 valence electrons. The van der Waals surface area contributed by atoms with Gasteiger partial charge in [-0.15, -0.1) is 0 Å². The van der Waals surface area contributed by atoms with E-state index in [2.05, 4.69) is 0 Å². The first-order valence-electron chi connectivity index (χ1n) is 9.24. The molecule has 29 heavy (non-hydrogen) atoms. The molecule has 0 N–H and O–H groups in total. The van der Waals surface area contributed by atoms with E-state index in [1.54, 1.807) is 37.3 Å². The van der Waals surface area contributed by atoms with Gasteiger partial charge in [-0.05, 0) is 29.8 Å². The Bertz CT molecular complexity index is 951. The Morgan fingerprint density at radius 2 is 1.69 bits per heavy atom. The second-order valence-corrected chi connectivity index (χ2v) is 8.39. The molecule has 6 heteroatoms. The number of carbonyl (C=O) groups excluding carboxylic acids is 2. The van der Waals surface area contributed by atoms with E-state index < -0.39 is 23.1 Å². The van der Waals surface area contributed by atoms with Gasteiger partial charge in [-0.3, -0.25) is 0 Å². The molecule has 0 aliphatic carbocycles. The van der Waals surface area contributed by atoms with E-state index in [4.69, 9.17) is 25.8 Å². The molecule has 0 spiro atoms. The van der Waals surface area contributed by atoms with Gasteiger partial charge in [0, 0.05) is 22.9 Å². The van der Waals surface area contributed by atoms with Crippen molar-refractivity contribution < 1.29 is 23.8 Å². The smallest absolute Gasteiger partial charge is 0.348 e. The number of cyclic esters (lactones) is 2. The Hall–Kier alpha value is -2.79. The van der Waals surface area contributed by atoms with Gasteiger partial charge < -0.3 is 14.2 Å². The Labute approximate surface area is 175 Å². The van der Waals surface area contributed by atoms with Crippen LogP contribution in [-0.4, -0.2) is 17.7 Å². The second kappa shape index (κ2) is 7.91. The molecular weight excluding hydrogens is 392 g/mol. The van der Waals surface area contributed by atoms with Crippen LogP contribution in [0.1, 0.15) is 38.8 Å². The van der Waals surface area contributed by atoms with E-state index in [1.165, 1.54) is 6.08 Å². The lowest BCUT2D eigenvalue weighted by Gasteiger charge is -2.42. The third-order valence-electron chi connectivity index (χ3n) is 4.90. The fraction of sp³-hybridized carbons (Fsp3) is 0.304. The third kappa shape index (κ3) is 4.62. The predicted octanol–water partition coefficient (Wildman–Crippen LogP) is 5.16. The summed E-state index contributed by atoms with van der Waals surface area (Å²) in [6.45, 7) is 7.39. The van der Waals surface area contributed by atoms with Gasteiger partial charge >= 0.3 is 11.9 Å². The number of ether oxygens (including phenoxy) is 3. The van der Waals surface area contributed by atoms with Crippen molar-refractivity contribution in [1.29, 1.82) is 0 Å². The van der Waals surface area contributed by atoms with Crippen LogP contribution in [0.25, 0.3) is 6.08 Å². The van der Waals surface area contributed by atoms with Crippen molar-refractivity contribution in [2.24, 2.45) is 5.41 Å². The van der Waals surface area contributed by atoms with Crippen LogP contribution >= 0.6 is 11.6 Å². The van der Waals surface area contributed by atoms with Crippen molar-refractivity contribution in [3.63, 3.8) is 0 Å². The lowest BCUT2D eigenvalue weighted by molar-refractivity contribution is -0.261. The van der Waals surface area contributed by atoms with E-state index in [0.717, 1.165) is 5.56 Å². The first kappa shape index (κ1) is 20.9. The molecule has 0 amide bonds. The molecule has 2 aromatic carbocycles. The van der Waals surface area contributed by atoms with Crippen molar-refractivity contribution in [3.05, 3.63) is 70.3 Å². The van der Waals surface area contributed by atoms with Crippen molar-refractivity contribution in [1.82, 2.24) is 0 Å². The average molecular weight is 415 g/mol. The molecule has 1 heterocycles. The summed E-state index contributed by atoms with van der Waals surface area (Å²) in [5.41, 5.74) is 0.759. The monoisotopic (exact) mass is 414 g/mol. The number of rotatable bonds is 4. The van der Waals surface area contributed by atoms with Crippen molar-refractivity contribution in [2.45, 2.75) is 40.1 Å². The van der Waals surface area contributed by atoms with Gasteiger partial charge in [0.15, 0.2) is 0 Å². The maximum Gasteiger partial charge on any atom is 0.348 e. The summed E-state index contributed by atoms with van der Waals surface area (Å²) in [7, 11) is 0. The van der Waals surface area contributed by atoms with Crippen LogP contribution in [0.3, 0.4) is 0 Å². The minimum absolute atomic E-state index is 0.157. The van der Waals surface area contributed by atoms with Crippen LogP contribution in [-0.2, 0) is 25.7 Å². The number of halogens is 1. The van der Waals surface area contributed by atoms with Gasteiger partial charge in [-0.25, -0.2) is 9.59 Å². The van der Waals surface area contributed by atoms with Gasteiger partial charge in [-0.2, -0.15) is 0 Å². The van der Waals surface area contributed by atoms with Crippen LogP contribution in [0.15, 0.2) is 54.1 Å². The molecule has 1 saturated heterocycles. The highest BCUT2D eigenvalue weighted by Gasteiger charge is 2.50. The Kier molecular flexibility index (Phi) is 5.71. The molecule has 5 nitrogen and oxygen atoms in total. The number of benzene rings is 2. The summed E-state index contributed by atoms with van der Waals surface area (Å²) in [4.78, 5) is 24.9. The number of esters is 2. The highest BCUT2D eigenvalue weighted by Crippen LogP contribution is 2.39. The summed E-state index contributed by atoms with van der Waals surface area (Å²) in [5.74, 6) is -2.16. The molecule has 3 rings (SSSR count). The molecule has 1 aliphatic rings. The Balaban J connectivity index is 1.77. The molecule has 0 radical (unpaired) electrons. The van der Waals surface area contributed by atoms with E-state index in [1.807, 2.05) is 39.0 Å². The third-order valence-corrected chi connectivity index (χ3v) is 5.27. The first-order valence-corrected chi connectivity index (χ1v) is 9.61. The van der Waals surface area contributed by atoms with Crippen molar-refractivity contribution in [3.8, 4) is 5.75 Å². The second-order valence-electron chi connectivity index (χ2n) is 7.99. The molecule has 1 aliphatic heterocycles. The Morgan fingerprint density at radius 3 is 2.31 bits per heavy atom. The molecule has 0 aromatic heterocycles. The summed E-state index contributed by atoms with van der Waals surface area (Å²) in [5, 5.41) is 0.625. The first-order chi connectivity index (χ1) is 13.6. The maximum atomic E-state index is 12.5. The van der Waals surface area contributed by atoms with Crippen molar-refractivity contribution in [2.75, 3.05) is 0 Å². The fourth-order valence-electron chi connectivity index (χ4n) is 2.63. The van der Waals surface area contributed by atoms with E-state index in [-0.39, 0.29) is 5.57 Å². The zero-order valence-electron chi connectivity index (χ0n) is 16.8. The SMILES string of the molecule is CC(C)(C)C1(C)OC(=O)C(=Cc2cccc(OCc3ccccc3Cl)c2)C(=O)O1. The molecule has 0 unspecified atom stereocenters. The Morgan fingerprint density at radius 1 is 1.03 bits per heavy atom. The zero-order valence-corrected chi connectivity index (χ0v) is 17.6. The van der Waals surface area contributed by atoms with Crippen molar-refractivity contribution >= 4 is 29.6 Å². The van der Waals surface area contributed by atoms with Gasteiger partial charge in [0.2, 0.25) is 0 Å². The number of hydrogen-bond donors (Lipinski definition) is 0.